The average molecular weight is 644 g/mol. The number of halogens is 1. The minimum absolute atomic E-state index is 0.184. The van der Waals surface area contributed by atoms with Gasteiger partial charge in [0.1, 0.15) is 11.5 Å². The normalized spacial score (nSPS) is 15.1. The summed E-state index contributed by atoms with van der Waals surface area (Å²) in [6, 6.07) is 9.50. The molecule has 0 bridgehead atoms. The fraction of sp³-hybridized carbons (Fsp3) is 0.222. The second-order valence-electron chi connectivity index (χ2n) is 8.65. The Balaban J connectivity index is 1.59. The van der Waals surface area contributed by atoms with E-state index in [2.05, 4.69) is 30.9 Å². The maximum atomic E-state index is 13.8. The van der Waals surface area contributed by atoms with Gasteiger partial charge in [0.05, 0.1) is 40.0 Å². The smallest absolute Gasteiger partial charge is 0.338 e. The predicted octanol–water partition coefficient (Wildman–Crippen LogP) is 3.71. The molecule has 0 aliphatic carbocycles. The highest BCUT2D eigenvalue weighted by atomic mass is 79.9. The number of H-pyrrole nitrogens is 1. The maximum absolute atomic E-state index is 13.8. The summed E-state index contributed by atoms with van der Waals surface area (Å²) in [5.74, 6) is 0.518. The summed E-state index contributed by atoms with van der Waals surface area (Å²) in [6.07, 6.45) is 1.63. The zero-order chi connectivity index (χ0) is 28.6. The molecule has 10 nitrogen and oxygen atoms in total. The van der Waals surface area contributed by atoms with Crippen LogP contribution >= 0.6 is 39.0 Å². The van der Waals surface area contributed by atoms with Crippen LogP contribution in [0.3, 0.4) is 0 Å². The van der Waals surface area contributed by atoms with E-state index < -0.39 is 12.0 Å². The summed E-state index contributed by atoms with van der Waals surface area (Å²) in [5.41, 5.74) is 1.46. The van der Waals surface area contributed by atoms with Crippen LogP contribution in [0.4, 0.5) is 0 Å². The SMILES string of the molecule is CCOC(=O)C1=C(C)N=c2s/c(=C/c3ccc(Sc4nc(C)cc(=O)[nH]4)o3)c(=O)n2[C@H]1c1ccc(OC)c(Br)c1. The number of rotatable bonds is 7. The minimum atomic E-state index is -0.758. The number of aromatic nitrogens is 3. The number of nitrogens with one attached hydrogen (secondary N) is 1. The quantitative estimate of drug-likeness (QED) is 0.239. The van der Waals surface area contributed by atoms with E-state index in [0.717, 1.165) is 11.8 Å². The van der Waals surface area contributed by atoms with Crippen LogP contribution in [0.25, 0.3) is 6.08 Å². The molecule has 0 radical (unpaired) electrons. The zero-order valence-electron chi connectivity index (χ0n) is 21.8. The standard InChI is InChI=1S/C27H23BrN4O6S2/c1-5-37-25(35)22-14(3)30-27-32(23(22)15-6-8-18(36-4)17(28)11-15)24(34)19(39-27)12-16-7-9-21(38-16)40-26-29-13(2)10-20(33)31-26/h6-12,23H,5H2,1-4H3,(H,29,31,33)/b19-12+/t23-/m0/s1. The summed E-state index contributed by atoms with van der Waals surface area (Å²) in [5, 5.41) is 0.895. The number of hydrogen-bond donors (Lipinski definition) is 1. The summed E-state index contributed by atoms with van der Waals surface area (Å²) in [4.78, 5) is 50.6. The lowest BCUT2D eigenvalue weighted by atomic mass is 9.96. The third-order valence-electron chi connectivity index (χ3n) is 5.93. The number of carbonyl (C=O) groups excluding carboxylic acids is 1. The number of carbonyl (C=O) groups is 1. The second kappa shape index (κ2) is 11.4. The first-order valence-corrected chi connectivity index (χ1v) is 14.5. The first kappa shape index (κ1) is 27.9. The molecule has 0 saturated heterocycles. The van der Waals surface area contributed by atoms with Crippen molar-refractivity contribution >= 4 is 51.1 Å². The second-order valence-corrected chi connectivity index (χ2v) is 11.5. The maximum Gasteiger partial charge on any atom is 0.338 e. The predicted molar refractivity (Wildman–Crippen MR) is 154 cm³/mol. The monoisotopic (exact) mass is 642 g/mol. The van der Waals surface area contributed by atoms with Crippen molar-refractivity contribution in [3.8, 4) is 5.75 Å². The van der Waals surface area contributed by atoms with Gasteiger partial charge in [-0.25, -0.2) is 14.8 Å². The Bertz CT molecular complexity index is 1900. The average Bonchev–Trinajstić information content (AvgIpc) is 3.45. The number of nitrogens with zero attached hydrogens (tertiary/aromatic N) is 3. The Labute approximate surface area is 244 Å². The number of thiazole rings is 1. The number of furan rings is 1. The highest BCUT2D eigenvalue weighted by Crippen LogP contribution is 2.35. The molecule has 1 aliphatic heterocycles. The molecule has 0 spiro atoms. The number of esters is 1. The van der Waals surface area contributed by atoms with E-state index in [9.17, 15) is 14.4 Å². The van der Waals surface area contributed by atoms with E-state index in [1.807, 2.05) is 12.1 Å². The van der Waals surface area contributed by atoms with Crippen molar-refractivity contribution in [2.24, 2.45) is 4.99 Å². The zero-order valence-corrected chi connectivity index (χ0v) is 25.0. The van der Waals surface area contributed by atoms with E-state index in [4.69, 9.17) is 13.9 Å². The number of fused-ring (bicyclic) bond motifs is 1. The number of hydrogen-bond acceptors (Lipinski definition) is 10. The van der Waals surface area contributed by atoms with Crippen molar-refractivity contribution in [3.63, 3.8) is 0 Å². The van der Waals surface area contributed by atoms with Crippen LogP contribution in [0.2, 0.25) is 0 Å². The first-order chi connectivity index (χ1) is 19.2. The Hall–Kier alpha value is -3.68. The van der Waals surface area contributed by atoms with Crippen molar-refractivity contribution in [1.29, 1.82) is 0 Å². The minimum Gasteiger partial charge on any atom is -0.496 e. The number of aryl methyl sites for hydroxylation is 1. The van der Waals surface area contributed by atoms with Crippen molar-refractivity contribution in [2.75, 3.05) is 13.7 Å². The molecule has 40 heavy (non-hydrogen) atoms. The molecule has 1 aromatic carbocycles. The van der Waals surface area contributed by atoms with Crippen LogP contribution in [-0.2, 0) is 9.53 Å². The van der Waals surface area contributed by atoms with Gasteiger partial charge in [-0.05, 0) is 78.3 Å². The van der Waals surface area contributed by atoms with Crippen LogP contribution in [0.1, 0.15) is 36.9 Å². The summed E-state index contributed by atoms with van der Waals surface area (Å²) >= 11 is 5.87. The molecule has 0 saturated carbocycles. The van der Waals surface area contributed by atoms with E-state index in [1.165, 1.54) is 22.0 Å². The van der Waals surface area contributed by atoms with Gasteiger partial charge in [-0.15, -0.1) is 0 Å². The van der Waals surface area contributed by atoms with E-state index in [0.29, 0.717) is 52.5 Å². The molecule has 206 valence electrons. The van der Waals surface area contributed by atoms with E-state index in [1.54, 1.807) is 52.2 Å². The molecule has 13 heteroatoms. The summed E-state index contributed by atoms with van der Waals surface area (Å²) < 4.78 is 19.2. The first-order valence-electron chi connectivity index (χ1n) is 12.1. The molecule has 4 heterocycles. The molecule has 1 N–H and O–H groups in total. The van der Waals surface area contributed by atoms with Crippen LogP contribution in [-0.4, -0.2) is 34.2 Å². The number of benzene rings is 1. The number of methoxy groups -OCH3 is 1. The lowest BCUT2D eigenvalue weighted by molar-refractivity contribution is -0.139. The molecule has 1 aliphatic rings. The van der Waals surface area contributed by atoms with Crippen LogP contribution in [0.5, 0.6) is 5.75 Å². The molecule has 0 amide bonds. The van der Waals surface area contributed by atoms with Crippen molar-refractivity contribution in [3.05, 3.63) is 99.2 Å². The number of allylic oxidation sites excluding steroid dienone is 1. The number of ether oxygens (including phenoxy) is 2. The topological polar surface area (TPSA) is 129 Å². The molecular formula is C27H23BrN4O6S2. The Morgan fingerprint density at radius 1 is 1.25 bits per heavy atom. The summed E-state index contributed by atoms with van der Waals surface area (Å²) in [6.45, 7) is 5.38. The number of aromatic amines is 1. The highest BCUT2D eigenvalue weighted by molar-refractivity contribution is 9.10. The van der Waals surface area contributed by atoms with Crippen LogP contribution in [0.15, 0.2) is 81.4 Å². The fourth-order valence-corrected chi connectivity index (χ4v) is 6.64. The van der Waals surface area contributed by atoms with Gasteiger partial charge in [-0.3, -0.25) is 14.2 Å². The van der Waals surface area contributed by atoms with Gasteiger partial charge in [-0.1, -0.05) is 17.4 Å². The van der Waals surface area contributed by atoms with Crippen LogP contribution in [0, 0.1) is 6.92 Å². The molecule has 5 rings (SSSR count). The van der Waals surface area contributed by atoms with Gasteiger partial charge in [0.2, 0.25) is 0 Å². The Kier molecular flexibility index (Phi) is 7.97. The van der Waals surface area contributed by atoms with Gasteiger partial charge in [0.25, 0.3) is 11.1 Å². The Morgan fingerprint density at radius 3 is 2.75 bits per heavy atom. The molecule has 3 aromatic heterocycles. The lowest BCUT2D eigenvalue weighted by Crippen LogP contribution is -2.39. The lowest BCUT2D eigenvalue weighted by Gasteiger charge is -2.25. The highest BCUT2D eigenvalue weighted by Gasteiger charge is 2.33. The van der Waals surface area contributed by atoms with Gasteiger partial charge in [0, 0.05) is 17.8 Å². The third-order valence-corrected chi connectivity index (χ3v) is 8.34. The van der Waals surface area contributed by atoms with Crippen molar-refractivity contribution in [2.45, 2.75) is 37.1 Å². The molecule has 0 fully saturated rings. The van der Waals surface area contributed by atoms with Gasteiger partial charge in [0.15, 0.2) is 15.1 Å². The Morgan fingerprint density at radius 2 is 2.05 bits per heavy atom. The van der Waals surface area contributed by atoms with E-state index in [-0.39, 0.29) is 23.3 Å². The molecule has 0 unspecified atom stereocenters. The summed E-state index contributed by atoms with van der Waals surface area (Å²) in [7, 11) is 1.56. The van der Waals surface area contributed by atoms with Gasteiger partial charge in [-0.2, -0.15) is 0 Å². The molecule has 4 aromatic rings. The van der Waals surface area contributed by atoms with Crippen molar-refractivity contribution < 1.29 is 18.7 Å². The van der Waals surface area contributed by atoms with Crippen LogP contribution < -0.4 is 25.2 Å². The van der Waals surface area contributed by atoms with Crippen molar-refractivity contribution in [1.82, 2.24) is 14.5 Å². The van der Waals surface area contributed by atoms with E-state index >= 15 is 0 Å². The molecule has 1 atom stereocenters. The van der Waals surface area contributed by atoms with Gasteiger partial charge >= 0.3 is 5.97 Å². The molecular weight excluding hydrogens is 620 g/mol. The van der Waals surface area contributed by atoms with Gasteiger partial charge < -0.3 is 18.9 Å². The largest absolute Gasteiger partial charge is 0.496 e. The fourth-order valence-electron chi connectivity index (χ4n) is 4.25. The third kappa shape index (κ3) is 5.49.